The lowest BCUT2D eigenvalue weighted by Gasteiger charge is -2.20. The maximum absolute atomic E-state index is 11.3. The van der Waals surface area contributed by atoms with Gasteiger partial charge in [-0.2, -0.15) is 0 Å². The normalized spacial score (nSPS) is 11.6. The van der Waals surface area contributed by atoms with Crippen LogP contribution in [0, 0.1) is 3.57 Å². The summed E-state index contributed by atoms with van der Waals surface area (Å²) in [6, 6.07) is 3.76. The SMILES string of the molecule is C=CCCCC(OC(C)=O)c1cc(OC)c(OC)cc1I. The fourth-order valence-electron chi connectivity index (χ4n) is 2.04. The zero-order chi connectivity index (χ0) is 15.8. The molecular formula is C16H21IO4. The van der Waals surface area contributed by atoms with Gasteiger partial charge in [-0.25, -0.2) is 0 Å². The zero-order valence-electron chi connectivity index (χ0n) is 12.6. The second kappa shape index (κ2) is 8.92. The third-order valence-corrected chi connectivity index (χ3v) is 3.97. The minimum absolute atomic E-state index is 0.283. The highest BCUT2D eigenvalue weighted by Gasteiger charge is 2.20. The number of rotatable bonds is 8. The molecule has 0 aromatic heterocycles. The summed E-state index contributed by atoms with van der Waals surface area (Å²) in [7, 11) is 3.19. The van der Waals surface area contributed by atoms with Gasteiger partial charge >= 0.3 is 5.97 Å². The Morgan fingerprint density at radius 2 is 1.95 bits per heavy atom. The van der Waals surface area contributed by atoms with Crippen LogP contribution in [0.5, 0.6) is 11.5 Å². The molecule has 0 saturated carbocycles. The number of ether oxygens (including phenoxy) is 3. The van der Waals surface area contributed by atoms with E-state index in [0.29, 0.717) is 11.5 Å². The molecule has 5 heteroatoms. The molecule has 1 aromatic carbocycles. The van der Waals surface area contributed by atoms with Crippen LogP contribution >= 0.6 is 22.6 Å². The maximum atomic E-state index is 11.3. The van der Waals surface area contributed by atoms with Gasteiger partial charge in [-0.1, -0.05) is 6.08 Å². The van der Waals surface area contributed by atoms with Crippen LogP contribution in [0.2, 0.25) is 0 Å². The van der Waals surface area contributed by atoms with Crippen LogP contribution in [-0.2, 0) is 9.53 Å². The lowest BCUT2D eigenvalue weighted by atomic mass is 10.0. The molecule has 0 amide bonds. The van der Waals surface area contributed by atoms with E-state index in [1.54, 1.807) is 14.2 Å². The van der Waals surface area contributed by atoms with Crippen LogP contribution < -0.4 is 9.47 Å². The molecule has 21 heavy (non-hydrogen) atoms. The third kappa shape index (κ3) is 5.22. The summed E-state index contributed by atoms with van der Waals surface area (Å²) in [6.45, 7) is 5.14. The zero-order valence-corrected chi connectivity index (χ0v) is 14.8. The molecule has 1 atom stereocenters. The molecule has 0 aliphatic heterocycles. The van der Waals surface area contributed by atoms with Gasteiger partial charge in [0.05, 0.1) is 14.2 Å². The van der Waals surface area contributed by atoms with Crippen LogP contribution in [0.15, 0.2) is 24.8 Å². The van der Waals surface area contributed by atoms with Crippen LogP contribution in [0.1, 0.15) is 37.9 Å². The van der Waals surface area contributed by atoms with E-state index in [1.165, 1.54) is 6.92 Å². The number of hydrogen-bond donors (Lipinski definition) is 0. The lowest BCUT2D eigenvalue weighted by molar-refractivity contribution is -0.147. The molecule has 0 saturated heterocycles. The Hall–Kier alpha value is -1.24. The Kier molecular flexibility index (Phi) is 7.56. The van der Waals surface area contributed by atoms with Gasteiger partial charge in [0.25, 0.3) is 0 Å². The van der Waals surface area contributed by atoms with Crippen molar-refractivity contribution in [3.63, 3.8) is 0 Å². The van der Waals surface area contributed by atoms with Gasteiger partial charge in [-0.3, -0.25) is 4.79 Å². The highest BCUT2D eigenvalue weighted by Crippen LogP contribution is 2.36. The Morgan fingerprint density at radius 3 is 2.48 bits per heavy atom. The predicted octanol–water partition coefficient (Wildman–Crippen LogP) is 4.27. The number of carbonyl (C=O) groups is 1. The molecule has 0 heterocycles. The van der Waals surface area contributed by atoms with E-state index in [9.17, 15) is 4.79 Å². The summed E-state index contributed by atoms with van der Waals surface area (Å²) in [5.41, 5.74) is 0.938. The molecule has 1 aromatic rings. The summed E-state index contributed by atoms with van der Waals surface area (Å²) in [6.07, 6.45) is 4.13. The van der Waals surface area contributed by atoms with E-state index >= 15 is 0 Å². The number of hydrogen-bond acceptors (Lipinski definition) is 4. The second-order valence-electron chi connectivity index (χ2n) is 4.55. The number of carbonyl (C=O) groups excluding carboxylic acids is 1. The number of methoxy groups -OCH3 is 2. The van der Waals surface area contributed by atoms with E-state index in [4.69, 9.17) is 14.2 Å². The first kappa shape index (κ1) is 17.8. The molecule has 4 nitrogen and oxygen atoms in total. The quantitative estimate of drug-likeness (QED) is 0.281. The van der Waals surface area contributed by atoms with E-state index in [0.717, 1.165) is 28.4 Å². The summed E-state index contributed by atoms with van der Waals surface area (Å²) in [5.74, 6) is 1.01. The smallest absolute Gasteiger partial charge is 0.303 e. The number of halogens is 1. The van der Waals surface area contributed by atoms with E-state index in [-0.39, 0.29) is 12.1 Å². The Labute approximate surface area is 139 Å². The monoisotopic (exact) mass is 404 g/mol. The summed E-state index contributed by atoms with van der Waals surface area (Å²) in [5, 5.41) is 0. The molecule has 1 unspecified atom stereocenters. The average molecular weight is 404 g/mol. The molecule has 0 aliphatic rings. The van der Waals surface area contributed by atoms with Gasteiger partial charge in [-0.15, -0.1) is 6.58 Å². The summed E-state index contributed by atoms with van der Waals surface area (Å²) < 4.78 is 17.1. The number of benzene rings is 1. The van der Waals surface area contributed by atoms with Crippen LogP contribution in [-0.4, -0.2) is 20.2 Å². The van der Waals surface area contributed by atoms with Crippen molar-refractivity contribution >= 4 is 28.6 Å². The number of esters is 1. The molecule has 0 radical (unpaired) electrons. The van der Waals surface area contributed by atoms with E-state index < -0.39 is 0 Å². The molecule has 0 aliphatic carbocycles. The standard InChI is InChI=1S/C16H21IO4/c1-5-6-7-8-14(21-11(2)18)12-9-15(19-3)16(20-4)10-13(12)17/h5,9-10,14H,1,6-8H2,2-4H3. The van der Waals surface area contributed by atoms with Gasteiger partial charge in [0.15, 0.2) is 11.5 Å². The second-order valence-corrected chi connectivity index (χ2v) is 5.71. The van der Waals surface area contributed by atoms with Crippen molar-refractivity contribution in [1.29, 1.82) is 0 Å². The highest BCUT2D eigenvalue weighted by molar-refractivity contribution is 14.1. The van der Waals surface area contributed by atoms with Crippen molar-refractivity contribution in [2.75, 3.05) is 14.2 Å². The lowest BCUT2D eigenvalue weighted by Crippen LogP contribution is -2.10. The van der Waals surface area contributed by atoms with Crippen LogP contribution in [0.3, 0.4) is 0 Å². The Balaban J connectivity index is 3.09. The molecule has 0 bridgehead atoms. The first-order valence-electron chi connectivity index (χ1n) is 6.73. The molecular weight excluding hydrogens is 383 g/mol. The first-order chi connectivity index (χ1) is 10.0. The van der Waals surface area contributed by atoms with Crippen LogP contribution in [0.4, 0.5) is 0 Å². The molecule has 0 fully saturated rings. The molecule has 1 rings (SSSR count). The van der Waals surface area contributed by atoms with Crippen molar-refractivity contribution in [1.82, 2.24) is 0 Å². The van der Waals surface area contributed by atoms with Crippen molar-refractivity contribution in [2.45, 2.75) is 32.3 Å². The topological polar surface area (TPSA) is 44.8 Å². The Bertz CT molecular complexity index is 499. The van der Waals surface area contributed by atoms with Gasteiger partial charge in [-0.05, 0) is 54.0 Å². The van der Waals surface area contributed by atoms with E-state index in [2.05, 4.69) is 29.2 Å². The van der Waals surface area contributed by atoms with Gasteiger partial charge < -0.3 is 14.2 Å². The molecule has 116 valence electrons. The fraction of sp³-hybridized carbons (Fsp3) is 0.438. The van der Waals surface area contributed by atoms with E-state index in [1.807, 2.05) is 18.2 Å². The maximum Gasteiger partial charge on any atom is 0.303 e. The minimum Gasteiger partial charge on any atom is -0.493 e. The highest BCUT2D eigenvalue weighted by atomic mass is 127. The van der Waals surface area contributed by atoms with Crippen molar-refractivity contribution in [3.05, 3.63) is 33.9 Å². The van der Waals surface area contributed by atoms with Crippen molar-refractivity contribution in [3.8, 4) is 11.5 Å². The average Bonchev–Trinajstić information content (AvgIpc) is 2.45. The number of allylic oxidation sites excluding steroid dienone is 1. The van der Waals surface area contributed by atoms with Gasteiger partial charge in [0.1, 0.15) is 6.10 Å². The fourth-order valence-corrected chi connectivity index (χ4v) is 2.83. The van der Waals surface area contributed by atoms with Crippen molar-refractivity contribution < 1.29 is 19.0 Å². The summed E-state index contributed by atoms with van der Waals surface area (Å²) >= 11 is 2.22. The number of unbranched alkanes of at least 4 members (excludes halogenated alkanes) is 1. The third-order valence-electron chi connectivity index (χ3n) is 3.03. The van der Waals surface area contributed by atoms with Gasteiger partial charge in [0, 0.05) is 16.1 Å². The summed E-state index contributed by atoms with van der Waals surface area (Å²) in [4.78, 5) is 11.3. The molecule has 0 N–H and O–H groups in total. The van der Waals surface area contributed by atoms with Gasteiger partial charge in [0.2, 0.25) is 0 Å². The predicted molar refractivity (Wildman–Crippen MR) is 90.8 cm³/mol. The minimum atomic E-state index is -0.288. The first-order valence-corrected chi connectivity index (χ1v) is 7.80. The Morgan fingerprint density at radius 1 is 1.33 bits per heavy atom. The van der Waals surface area contributed by atoms with Crippen LogP contribution in [0.25, 0.3) is 0 Å². The molecule has 0 spiro atoms. The van der Waals surface area contributed by atoms with Crippen molar-refractivity contribution in [2.24, 2.45) is 0 Å². The largest absolute Gasteiger partial charge is 0.493 e.